The summed E-state index contributed by atoms with van der Waals surface area (Å²) >= 11 is 0. The largest absolute Gasteiger partial charge is 0.465 e. The van der Waals surface area contributed by atoms with Gasteiger partial charge in [-0.15, -0.1) is 0 Å². The molecule has 0 aliphatic rings. The monoisotopic (exact) mass is 619 g/mol. The van der Waals surface area contributed by atoms with E-state index in [-0.39, 0.29) is 23.0 Å². The van der Waals surface area contributed by atoms with E-state index in [9.17, 15) is 4.79 Å². The van der Waals surface area contributed by atoms with Gasteiger partial charge in [0.15, 0.2) is 8.32 Å². The van der Waals surface area contributed by atoms with Crippen molar-refractivity contribution in [3.63, 3.8) is 0 Å². The Morgan fingerprint density at radius 1 is 0.814 bits per heavy atom. The Morgan fingerprint density at radius 3 is 1.93 bits per heavy atom. The van der Waals surface area contributed by atoms with Crippen LogP contribution in [0.4, 0.5) is 0 Å². The summed E-state index contributed by atoms with van der Waals surface area (Å²) in [5.41, 5.74) is 1.01. The van der Waals surface area contributed by atoms with Gasteiger partial charge >= 0.3 is 5.97 Å². The van der Waals surface area contributed by atoms with Crippen LogP contribution >= 0.6 is 0 Å². The molecule has 0 aliphatic heterocycles. The van der Waals surface area contributed by atoms with Crippen LogP contribution in [0.5, 0.6) is 0 Å². The first-order chi connectivity index (χ1) is 20.6. The molecule has 2 unspecified atom stereocenters. The average Bonchev–Trinajstić information content (AvgIpc) is 2.97. The quantitative estimate of drug-likeness (QED) is 0.0604. The van der Waals surface area contributed by atoms with Crippen LogP contribution in [-0.2, 0) is 14.0 Å². The lowest BCUT2D eigenvalue weighted by atomic mass is 9.94. The molecule has 0 fully saturated rings. The van der Waals surface area contributed by atoms with E-state index in [1.165, 1.54) is 64.2 Å². The van der Waals surface area contributed by atoms with Gasteiger partial charge in [0.25, 0.3) is 0 Å². The maximum Gasteiger partial charge on any atom is 0.308 e. The van der Waals surface area contributed by atoms with Crippen LogP contribution in [0.2, 0.25) is 18.1 Å². The van der Waals surface area contributed by atoms with E-state index in [1.54, 1.807) is 0 Å². The summed E-state index contributed by atoms with van der Waals surface area (Å²) in [6.45, 7) is 18.3. The first-order valence-electron chi connectivity index (χ1n) is 18.1. The van der Waals surface area contributed by atoms with Gasteiger partial charge in [0.1, 0.15) is 0 Å². The maximum atomic E-state index is 12.9. The van der Waals surface area contributed by atoms with E-state index in [0.717, 1.165) is 70.2 Å². The summed E-state index contributed by atoms with van der Waals surface area (Å²) in [6, 6.07) is 6.08. The number of unbranched alkanes of at least 4 members (excludes halogenated alkanes) is 13. The van der Waals surface area contributed by atoms with Crippen molar-refractivity contribution in [2.75, 3.05) is 19.7 Å². The first kappa shape index (κ1) is 39.8. The summed E-state index contributed by atoms with van der Waals surface area (Å²) in [4.78, 5) is 17.5. The van der Waals surface area contributed by atoms with Gasteiger partial charge in [0, 0.05) is 12.7 Å². The number of rotatable bonds is 27. The van der Waals surface area contributed by atoms with Crippen LogP contribution < -0.4 is 5.32 Å². The molecule has 1 rings (SSSR count). The molecule has 6 heteroatoms. The van der Waals surface area contributed by atoms with Crippen molar-refractivity contribution in [2.24, 2.45) is 5.92 Å². The van der Waals surface area contributed by atoms with Crippen LogP contribution in [0.15, 0.2) is 24.4 Å². The Bertz CT molecular complexity index is 797. The van der Waals surface area contributed by atoms with Gasteiger partial charge < -0.3 is 14.5 Å². The Hall–Kier alpha value is -1.24. The number of esters is 1. The highest BCUT2D eigenvalue weighted by Gasteiger charge is 2.39. The number of aromatic nitrogens is 1. The minimum absolute atomic E-state index is 0.0258. The molecule has 0 bridgehead atoms. The Labute approximate surface area is 268 Å². The fraction of sp³-hybridized carbons (Fsp3) is 0.838. The molecule has 0 radical (unpaired) electrons. The number of nitrogens with one attached hydrogen (secondary N) is 1. The molecule has 0 aromatic carbocycles. The van der Waals surface area contributed by atoms with Crippen molar-refractivity contribution in [3.8, 4) is 0 Å². The molecule has 0 aliphatic carbocycles. The third kappa shape index (κ3) is 19.0. The topological polar surface area (TPSA) is 60.5 Å². The molecule has 1 N–H and O–H groups in total. The SMILES string of the molecule is CCCCCCCCCC(CCCCCCC)C(=O)OCCCCCCNCC(O[Si](C)(C)C(C)(C)C)c1ccccn1. The number of nitrogens with zero attached hydrogens (tertiary/aromatic N) is 1. The molecule has 0 saturated heterocycles. The van der Waals surface area contributed by atoms with Crippen LogP contribution in [0.1, 0.15) is 162 Å². The average molecular weight is 619 g/mol. The molecule has 43 heavy (non-hydrogen) atoms. The van der Waals surface area contributed by atoms with Crippen LogP contribution in [0.25, 0.3) is 0 Å². The van der Waals surface area contributed by atoms with Crippen molar-refractivity contribution in [3.05, 3.63) is 30.1 Å². The third-order valence-corrected chi connectivity index (χ3v) is 13.7. The minimum Gasteiger partial charge on any atom is -0.465 e. The van der Waals surface area contributed by atoms with Crippen LogP contribution in [0.3, 0.4) is 0 Å². The molecule has 1 aromatic heterocycles. The van der Waals surface area contributed by atoms with E-state index < -0.39 is 8.32 Å². The van der Waals surface area contributed by atoms with Crippen molar-refractivity contribution < 1.29 is 14.0 Å². The highest BCUT2D eigenvalue weighted by Crippen LogP contribution is 2.39. The number of pyridine rings is 1. The lowest BCUT2D eigenvalue weighted by molar-refractivity contribution is -0.149. The Morgan fingerprint density at radius 2 is 1.37 bits per heavy atom. The van der Waals surface area contributed by atoms with Gasteiger partial charge in [0.05, 0.1) is 24.3 Å². The normalized spacial score (nSPS) is 13.7. The van der Waals surface area contributed by atoms with Crippen molar-refractivity contribution in [1.29, 1.82) is 0 Å². The number of hydrogen-bond acceptors (Lipinski definition) is 5. The standard InChI is InChI=1S/C37H70N2O3Si/c1-8-10-12-14-15-17-21-27-33(26-20-16-13-11-9-2)36(40)41-31-25-19-18-23-29-38-32-35(34-28-22-24-30-39-34)42-43(6,7)37(3,4)5/h22,24,28,30,33,35,38H,8-21,23,25-27,29,31-32H2,1-7H3. The van der Waals surface area contributed by atoms with E-state index in [4.69, 9.17) is 9.16 Å². The number of carbonyl (C=O) groups excluding carboxylic acids is 1. The lowest BCUT2D eigenvalue weighted by Crippen LogP contribution is -2.43. The molecular formula is C37H70N2O3Si. The second kappa shape index (κ2) is 24.0. The van der Waals surface area contributed by atoms with Gasteiger partial charge in [0.2, 0.25) is 0 Å². The number of ether oxygens (including phenoxy) is 1. The van der Waals surface area contributed by atoms with Crippen LogP contribution in [0, 0.1) is 5.92 Å². The fourth-order valence-electron chi connectivity index (χ4n) is 5.26. The molecule has 1 aromatic rings. The molecule has 2 atom stereocenters. The number of hydrogen-bond donors (Lipinski definition) is 1. The van der Waals surface area contributed by atoms with Crippen LogP contribution in [-0.4, -0.2) is 39.0 Å². The minimum atomic E-state index is -1.91. The molecular weight excluding hydrogens is 549 g/mol. The van der Waals surface area contributed by atoms with Crippen molar-refractivity contribution in [2.45, 2.75) is 174 Å². The zero-order valence-electron chi connectivity index (χ0n) is 29.5. The van der Waals surface area contributed by atoms with Gasteiger partial charge in [-0.05, 0) is 62.5 Å². The molecule has 1 heterocycles. The zero-order chi connectivity index (χ0) is 31.8. The zero-order valence-corrected chi connectivity index (χ0v) is 30.5. The molecule has 0 saturated carbocycles. The molecule has 5 nitrogen and oxygen atoms in total. The predicted octanol–water partition coefficient (Wildman–Crippen LogP) is 11.0. The van der Waals surface area contributed by atoms with Gasteiger partial charge in [-0.1, -0.05) is 131 Å². The molecule has 0 amide bonds. The summed E-state index contributed by atoms with van der Waals surface area (Å²) < 4.78 is 12.5. The smallest absolute Gasteiger partial charge is 0.308 e. The summed E-state index contributed by atoms with van der Waals surface area (Å²) in [5.74, 6) is 0.160. The lowest BCUT2D eigenvalue weighted by Gasteiger charge is -2.39. The van der Waals surface area contributed by atoms with Gasteiger partial charge in [-0.3, -0.25) is 9.78 Å². The summed E-state index contributed by atoms with van der Waals surface area (Å²) in [5, 5.41) is 3.78. The third-order valence-electron chi connectivity index (χ3n) is 9.23. The molecule has 250 valence electrons. The molecule has 0 spiro atoms. The maximum absolute atomic E-state index is 12.9. The van der Waals surface area contributed by atoms with Gasteiger partial charge in [-0.2, -0.15) is 0 Å². The fourth-order valence-corrected chi connectivity index (χ4v) is 6.53. The second-order valence-electron chi connectivity index (χ2n) is 14.2. The highest BCUT2D eigenvalue weighted by atomic mass is 28.4. The second-order valence-corrected chi connectivity index (χ2v) is 19.0. The number of carbonyl (C=O) groups is 1. The van der Waals surface area contributed by atoms with E-state index >= 15 is 0 Å². The van der Waals surface area contributed by atoms with E-state index in [2.05, 4.69) is 64.1 Å². The Kier molecular flexibility index (Phi) is 22.2. The highest BCUT2D eigenvalue weighted by molar-refractivity contribution is 6.74. The van der Waals surface area contributed by atoms with E-state index in [0.29, 0.717) is 6.61 Å². The van der Waals surface area contributed by atoms with Gasteiger partial charge in [-0.25, -0.2) is 0 Å². The predicted molar refractivity (Wildman–Crippen MR) is 187 cm³/mol. The summed E-state index contributed by atoms with van der Waals surface area (Å²) in [6.07, 6.45) is 23.5. The first-order valence-corrected chi connectivity index (χ1v) is 21.0. The summed E-state index contributed by atoms with van der Waals surface area (Å²) in [7, 11) is -1.91. The van der Waals surface area contributed by atoms with E-state index in [1.807, 2.05) is 18.3 Å². The van der Waals surface area contributed by atoms with Crippen molar-refractivity contribution in [1.82, 2.24) is 10.3 Å². The van der Waals surface area contributed by atoms with Crippen molar-refractivity contribution >= 4 is 14.3 Å². The Balaban J connectivity index is 2.32.